The Balaban J connectivity index is 1.44. The lowest BCUT2D eigenvalue weighted by Gasteiger charge is -2.29. The van der Waals surface area contributed by atoms with Gasteiger partial charge in [0.05, 0.1) is 35.8 Å². The van der Waals surface area contributed by atoms with Crippen molar-refractivity contribution in [2.24, 2.45) is 0 Å². The number of benzene rings is 3. The molecule has 0 saturated heterocycles. The Morgan fingerprint density at radius 1 is 1.05 bits per heavy atom. The fourth-order valence-electron chi connectivity index (χ4n) is 5.59. The summed E-state index contributed by atoms with van der Waals surface area (Å²) in [7, 11) is 0. The minimum atomic E-state index is -5.15. The Kier molecular flexibility index (Phi) is 5.97. The number of carboxylic acid groups (broad SMARTS) is 1. The summed E-state index contributed by atoms with van der Waals surface area (Å²) in [5.41, 5.74) is 4.22. The second kappa shape index (κ2) is 9.29. The Morgan fingerprint density at radius 3 is 2.60 bits per heavy atom. The van der Waals surface area contributed by atoms with E-state index in [2.05, 4.69) is 4.98 Å². The Morgan fingerprint density at radius 2 is 1.85 bits per heavy atom. The molecule has 0 fully saturated rings. The summed E-state index contributed by atoms with van der Waals surface area (Å²) in [6.07, 6.45) is -5.33. The van der Waals surface area contributed by atoms with E-state index in [-0.39, 0.29) is 31.1 Å². The maximum absolute atomic E-state index is 13.9. The van der Waals surface area contributed by atoms with Crippen molar-refractivity contribution in [2.75, 3.05) is 18.1 Å². The van der Waals surface area contributed by atoms with Crippen molar-refractivity contribution in [3.05, 3.63) is 77.1 Å². The molecule has 0 radical (unpaired) electrons. The average Bonchev–Trinajstić information content (AvgIpc) is 3.58. The number of imidazole rings is 1. The van der Waals surface area contributed by atoms with Gasteiger partial charge in [0.2, 0.25) is 0 Å². The Hall–Kier alpha value is -4.54. The van der Waals surface area contributed by atoms with Gasteiger partial charge < -0.3 is 14.6 Å². The molecule has 11 heteroatoms. The zero-order valence-corrected chi connectivity index (χ0v) is 21.5. The summed E-state index contributed by atoms with van der Waals surface area (Å²) in [6.45, 7) is 3.69. The number of carboxylic acids is 1. The minimum absolute atomic E-state index is 0.0244. The number of carbonyl (C=O) groups is 2. The van der Waals surface area contributed by atoms with Crippen molar-refractivity contribution in [3.63, 3.8) is 0 Å². The number of hydrogen-bond donors (Lipinski definition) is 1. The quantitative estimate of drug-likeness (QED) is 0.346. The van der Waals surface area contributed by atoms with Crippen molar-refractivity contribution in [3.8, 4) is 17.2 Å². The molecule has 0 bridgehead atoms. The van der Waals surface area contributed by atoms with Crippen LogP contribution in [0.4, 0.5) is 18.9 Å². The number of aryl methyl sites for hydroxylation is 2. The van der Waals surface area contributed by atoms with Gasteiger partial charge >= 0.3 is 18.1 Å². The predicted octanol–water partition coefficient (Wildman–Crippen LogP) is 5.62. The SMILES string of the molecule is Cc1ccc2c(c1)nc(C)n2-c1cccc2c1OCC2N(C(=O)C(F)(F)F)c1ccc2c(c1)OC[C@H]2CC(=O)O. The first-order valence-electron chi connectivity index (χ1n) is 12.6. The number of hydrogen-bond acceptors (Lipinski definition) is 5. The van der Waals surface area contributed by atoms with E-state index in [9.17, 15) is 22.8 Å². The lowest BCUT2D eigenvalue weighted by Crippen LogP contribution is -2.44. The fraction of sp³-hybridized carbons (Fsp3) is 0.276. The van der Waals surface area contributed by atoms with Crippen LogP contribution in [-0.4, -0.2) is 45.9 Å². The Labute approximate surface area is 226 Å². The zero-order chi connectivity index (χ0) is 28.3. The molecule has 6 rings (SSSR count). The summed E-state index contributed by atoms with van der Waals surface area (Å²) < 4.78 is 55.2. The monoisotopic (exact) mass is 551 g/mol. The Bertz CT molecular complexity index is 1680. The third kappa shape index (κ3) is 4.21. The molecule has 0 aliphatic carbocycles. The van der Waals surface area contributed by atoms with Crippen LogP contribution in [-0.2, 0) is 9.59 Å². The molecule has 1 unspecified atom stereocenters. The van der Waals surface area contributed by atoms with Crippen molar-refractivity contribution in [1.82, 2.24) is 9.55 Å². The van der Waals surface area contributed by atoms with Crippen molar-refractivity contribution < 1.29 is 37.3 Å². The minimum Gasteiger partial charge on any atom is -0.493 e. The standard InChI is InChI=1S/C29H24F3N3O5/c1-15-6-9-22-21(10-15)33-16(2)34(22)23-5-3-4-20-24(14-40-27(20)23)35(28(38)29(30,31)32)18-7-8-19-17(11-26(36)37)13-39-25(19)12-18/h3-10,12,17,24H,11,13-14H2,1-2H3,(H,36,37)/t17-,24?/m1/s1. The van der Waals surface area contributed by atoms with Crippen LogP contribution in [0, 0.1) is 13.8 Å². The summed E-state index contributed by atoms with van der Waals surface area (Å²) in [5, 5.41) is 9.17. The van der Waals surface area contributed by atoms with Gasteiger partial charge in [0.15, 0.2) is 0 Å². The van der Waals surface area contributed by atoms with Crippen LogP contribution in [0.1, 0.15) is 40.9 Å². The highest BCUT2D eigenvalue weighted by atomic mass is 19.4. The van der Waals surface area contributed by atoms with Crippen LogP contribution in [0.25, 0.3) is 16.7 Å². The topological polar surface area (TPSA) is 93.9 Å². The molecule has 8 nitrogen and oxygen atoms in total. The molecular weight excluding hydrogens is 527 g/mol. The van der Waals surface area contributed by atoms with Crippen molar-refractivity contribution >= 4 is 28.6 Å². The van der Waals surface area contributed by atoms with Crippen LogP contribution in [0.3, 0.4) is 0 Å². The molecule has 2 atom stereocenters. The number of halogens is 3. The predicted molar refractivity (Wildman–Crippen MR) is 139 cm³/mol. The molecule has 206 valence electrons. The van der Waals surface area contributed by atoms with Crippen LogP contribution in [0.5, 0.6) is 11.5 Å². The van der Waals surface area contributed by atoms with E-state index in [1.165, 1.54) is 18.2 Å². The maximum Gasteiger partial charge on any atom is 0.471 e. The molecular formula is C29H24F3N3O5. The molecule has 0 saturated carbocycles. The smallest absolute Gasteiger partial charge is 0.471 e. The number of nitrogens with zero attached hydrogens (tertiary/aromatic N) is 3. The van der Waals surface area contributed by atoms with Gasteiger partial charge in [-0.2, -0.15) is 13.2 Å². The molecule has 1 aromatic heterocycles. The first kappa shape index (κ1) is 25.7. The second-order valence-electron chi connectivity index (χ2n) is 10.0. The van der Waals surface area contributed by atoms with Gasteiger partial charge in [-0.3, -0.25) is 19.1 Å². The van der Waals surface area contributed by atoms with Crippen LogP contribution >= 0.6 is 0 Å². The molecule has 3 heterocycles. The lowest BCUT2D eigenvalue weighted by molar-refractivity contribution is -0.171. The van der Waals surface area contributed by atoms with Gasteiger partial charge in [0.1, 0.15) is 23.9 Å². The first-order valence-corrected chi connectivity index (χ1v) is 12.6. The molecule has 2 aliphatic rings. The van der Waals surface area contributed by atoms with E-state index < -0.39 is 30.0 Å². The highest BCUT2D eigenvalue weighted by molar-refractivity contribution is 5.98. The largest absolute Gasteiger partial charge is 0.493 e. The fourth-order valence-corrected chi connectivity index (χ4v) is 5.59. The summed E-state index contributed by atoms with van der Waals surface area (Å²) in [4.78, 5) is 29.4. The highest BCUT2D eigenvalue weighted by Gasteiger charge is 2.48. The normalized spacial score (nSPS) is 17.7. The van der Waals surface area contributed by atoms with Crippen LogP contribution in [0.15, 0.2) is 54.6 Å². The molecule has 4 aromatic rings. The third-order valence-corrected chi connectivity index (χ3v) is 7.34. The lowest BCUT2D eigenvalue weighted by atomic mass is 9.97. The van der Waals surface area contributed by atoms with Gasteiger partial charge in [0.25, 0.3) is 0 Å². The maximum atomic E-state index is 13.9. The number of fused-ring (bicyclic) bond motifs is 3. The van der Waals surface area contributed by atoms with E-state index in [1.54, 1.807) is 18.2 Å². The number of carbonyl (C=O) groups excluding carboxylic acids is 1. The van der Waals surface area contributed by atoms with Gasteiger partial charge in [0, 0.05) is 28.8 Å². The third-order valence-electron chi connectivity index (χ3n) is 7.34. The van der Waals surface area contributed by atoms with E-state index in [1.807, 2.05) is 36.6 Å². The van der Waals surface area contributed by atoms with Gasteiger partial charge in [-0.15, -0.1) is 0 Å². The van der Waals surface area contributed by atoms with Gasteiger partial charge in [-0.25, -0.2) is 4.98 Å². The summed E-state index contributed by atoms with van der Waals surface area (Å²) >= 11 is 0. The van der Waals surface area contributed by atoms with Gasteiger partial charge in [-0.05, 0) is 43.7 Å². The second-order valence-corrected chi connectivity index (χ2v) is 10.0. The average molecular weight is 552 g/mol. The van der Waals surface area contributed by atoms with Crippen LogP contribution in [0.2, 0.25) is 0 Å². The summed E-state index contributed by atoms with van der Waals surface area (Å²) in [5.74, 6) is -2.17. The summed E-state index contributed by atoms with van der Waals surface area (Å²) in [6, 6.07) is 14.2. The number of anilines is 1. The van der Waals surface area contributed by atoms with E-state index in [0.29, 0.717) is 33.3 Å². The molecule has 2 aliphatic heterocycles. The first-order chi connectivity index (χ1) is 19.0. The number of aromatic nitrogens is 2. The molecule has 1 N–H and O–H groups in total. The highest BCUT2D eigenvalue weighted by Crippen LogP contribution is 2.46. The number of alkyl halides is 3. The van der Waals surface area contributed by atoms with Crippen LogP contribution < -0.4 is 14.4 Å². The van der Waals surface area contributed by atoms with Crippen molar-refractivity contribution in [2.45, 2.75) is 38.4 Å². The number of aliphatic carboxylic acids is 1. The van der Waals surface area contributed by atoms with E-state index >= 15 is 0 Å². The molecule has 40 heavy (non-hydrogen) atoms. The number of para-hydroxylation sites is 1. The molecule has 3 aromatic carbocycles. The molecule has 1 amide bonds. The van der Waals surface area contributed by atoms with E-state index in [4.69, 9.17) is 14.6 Å². The van der Waals surface area contributed by atoms with Crippen molar-refractivity contribution in [1.29, 1.82) is 0 Å². The number of ether oxygens (including phenoxy) is 2. The van der Waals surface area contributed by atoms with E-state index in [0.717, 1.165) is 16.6 Å². The van der Waals surface area contributed by atoms with Gasteiger partial charge in [-0.1, -0.05) is 24.3 Å². The number of amides is 1. The zero-order valence-electron chi connectivity index (χ0n) is 21.5. The number of rotatable bonds is 5. The molecule has 0 spiro atoms.